The molecule has 1 rings (SSSR count). The van der Waals surface area contributed by atoms with Crippen LogP contribution in [0.1, 0.15) is 32.1 Å². The smallest absolute Gasteiger partial charge is 0.106 e. The molecule has 66 valence electrons. The summed E-state index contributed by atoms with van der Waals surface area (Å²) < 4.78 is 0. The summed E-state index contributed by atoms with van der Waals surface area (Å²) in [5.74, 6) is 0. The predicted molar refractivity (Wildman–Crippen MR) is 41.1 cm³/mol. The van der Waals surface area contributed by atoms with Gasteiger partial charge in [-0.05, 0) is 12.8 Å². The van der Waals surface area contributed by atoms with E-state index in [4.69, 9.17) is 5.11 Å². The molecule has 3 heteroatoms. The quantitative estimate of drug-likeness (QED) is 0.534. The van der Waals surface area contributed by atoms with Gasteiger partial charge < -0.3 is 15.3 Å². The van der Waals surface area contributed by atoms with Gasteiger partial charge in [0.1, 0.15) is 6.10 Å². The Labute approximate surface area is 66.7 Å². The van der Waals surface area contributed by atoms with Crippen molar-refractivity contribution >= 4 is 0 Å². The molecule has 1 aliphatic rings. The van der Waals surface area contributed by atoms with E-state index in [1.165, 1.54) is 0 Å². The first-order valence-electron chi connectivity index (χ1n) is 4.20. The summed E-state index contributed by atoms with van der Waals surface area (Å²) in [6, 6.07) is 0. The Balaban J connectivity index is 2.49. The summed E-state index contributed by atoms with van der Waals surface area (Å²) >= 11 is 0. The molecular formula is C8H16O3. The van der Waals surface area contributed by atoms with Crippen LogP contribution in [0.25, 0.3) is 0 Å². The Morgan fingerprint density at radius 2 is 1.73 bits per heavy atom. The van der Waals surface area contributed by atoms with Gasteiger partial charge in [-0.3, -0.25) is 0 Å². The van der Waals surface area contributed by atoms with Gasteiger partial charge in [-0.25, -0.2) is 0 Å². The fourth-order valence-corrected chi connectivity index (χ4v) is 1.67. The molecule has 0 aliphatic heterocycles. The van der Waals surface area contributed by atoms with Gasteiger partial charge in [-0.15, -0.1) is 0 Å². The SMILES string of the molecule is OCC(O)C1(O)CCCCC1. The lowest BCUT2D eigenvalue weighted by Crippen LogP contribution is -2.45. The number of hydrogen-bond acceptors (Lipinski definition) is 3. The number of aliphatic hydroxyl groups is 3. The third-order valence-corrected chi connectivity index (χ3v) is 2.51. The maximum Gasteiger partial charge on any atom is 0.106 e. The van der Waals surface area contributed by atoms with E-state index in [0.29, 0.717) is 12.8 Å². The summed E-state index contributed by atoms with van der Waals surface area (Å²) in [5.41, 5.74) is -1.01. The van der Waals surface area contributed by atoms with Gasteiger partial charge in [0.25, 0.3) is 0 Å². The van der Waals surface area contributed by atoms with Crippen molar-refractivity contribution in [1.29, 1.82) is 0 Å². The van der Waals surface area contributed by atoms with Crippen LogP contribution in [0.5, 0.6) is 0 Å². The summed E-state index contributed by atoms with van der Waals surface area (Å²) in [7, 11) is 0. The van der Waals surface area contributed by atoms with Crippen LogP contribution in [-0.4, -0.2) is 33.6 Å². The average Bonchev–Trinajstić information content (AvgIpc) is 2.04. The van der Waals surface area contributed by atoms with Gasteiger partial charge in [-0.2, -0.15) is 0 Å². The zero-order valence-corrected chi connectivity index (χ0v) is 6.66. The van der Waals surface area contributed by atoms with Crippen LogP contribution < -0.4 is 0 Å². The Morgan fingerprint density at radius 3 is 2.18 bits per heavy atom. The van der Waals surface area contributed by atoms with E-state index in [-0.39, 0.29) is 6.61 Å². The van der Waals surface area contributed by atoms with Crippen molar-refractivity contribution in [3.63, 3.8) is 0 Å². The van der Waals surface area contributed by atoms with Crippen LogP contribution in [0.2, 0.25) is 0 Å². The molecule has 0 amide bonds. The first-order valence-corrected chi connectivity index (χ1v) is 4.20. The maximum atomic E-state index is 9.73. The molecule has 1 fully saturated rings. The molecule has 0 aromatic heterocycles. The fraction of sp³-hybridized carbons (Fsp3) is 1.00. The number of rotatable bonds is 2. The van der Waals surface area contributed by atoms with Gasteiger partial charge in [0, 0.05) is 0 Å². The molecular weight excluding hydrogens is 144 g/mol. The van der Waals surface area contributed by atoms with Gasteiger partial charge in [0.05, 0.1) is 12.2 Å². The minimum Gasteiger partial charge on any atom is -0.394 e. The normalized spacial score (nSPS) is 26.5. The molecule has 0 spiro atoms. The highest BCUT2D eigenvalue weighted by Gasteiger charge is 2.36. The summed E-state index contributed by atoms with van der Waals surface area (Å²) in [6.45, 7) is -0.337. The van der Waals surface area contributed by atoms with Crippen molar-refractivity contribution < 1.29 is 15.3 Å². The largest absolute Gasteiger partial charge is 0.394 e. The summed E-state index contributed by atoms with van der Waals surface area (Å²) in [4.78, 5) is 0. The Morgan fingerprint density at radius 1 is 1.18 bits per heavy atom. The van der Waals surface area contributed by atoms with Crippen LogP contribution in [0.4, 0.5) is 0 Å². The van der Waals surface area contributed by atoms with Crippen LogP contribution in [0.15, 0.2) is 0 Å². The van der Waals surface area contributed by atoms with Crippen LogP contribution in [-0.2, 0) is 0 Å². The number of hydrogen-bond donors (Lipinski definition) is 3. The van der Waals surface area contributed by atoms with Gasteiger partial charge in [0.15, 0.2) is 0 Å². The van der Waals surface area contributed by atoms with E-state index < -0.39 is 11.7 Å². The molecule has 1 unspecified atom stereocenters. The molecule has 3 N–H and O–H groups in total. The Bertz CT molecular complexity index is 119. The lowest BCUT2D eigenvalue weighted by atomic mass is 9.81. The van der Waals surface area contributed by atoms with Gasteiger partial charge in [-0.1, -0.05) is 19.3 Å². The first kappa shape index (κ1) is 8.97. The zero-order chi connectivity index (χ0) is 8.32. The average molecular weight is 160 g/mol. The van der Waals surface area contributed by atoms with Gasteiger partial charge in [0.2, 0.25) is 0 Å². The van der Waals surface area contributed by atoms with Crippen LogP contribution in [0, 0.1) is 0 Å². The second-order valence-corrected chi connectivity index (χ2v) is 3.36. The molecule has 3 nitrogen and oxygen atoms in total. The summed E-state index contributed by atoms with van der Waals surface area (Å²) in [5, 5.41) is 27.6. The Kier molecular flexibility index (Phi) is 2.87. The van der Waals surface area contributed by atoms with Crippen molar-refractivity contribution in [2.24, 2.45) is 0 Å². The van der Waals surface area contributed by atoms with Gasteiger partial charge >= 0.3 is 0 Å². The van der Waals surface area contributed by atoms with E-state index in [2.05, 4.69) is 0 Å². The third kappa shape index (κ3) is 1.92. The molecule has 0 radical (unpaired) electrons. The highest BCUT2D eigenvalue weighted by Crippen LogP contribution is 2.30. The zero-order valence-electron chi connectivity index (χ0n) is 6.66. The van der Waals surface area contributed by atoms with Crippen molar-refractivity contribution in [2.45, 2.75) is 43.8 Å². The topological polar surface area (TPSA) is 60.7 Å². The van der Waals surface area contributed by atoms with Crippen molar-refractivity contribution in [3.05, 3.63) is 0 Å². The fourth-order valence-electron chi connectivity index (χ4n) is 1.67. The summed E-state index contributed by atoms with van der Waals surface area (Å²) in [6.07, 6.45) is 3.31. The van der Waals surface area contributed by atoms with Crippen molar-refractivity contribution in [1.82, 2.24) is 0 Å². The van der Waals surface area contributed by atoms with Crippen molar-refractivity contribution in [3.8, 4) is 0 Å². The first-order chi connectivity index (χ1) is 5.19. The lowest BCUT2D eigenvalue weighted by Gasteiger charge is -2.35. The number of aliphatic hydroxyl groups excluding tert-OH is 2. The minimum absolute atomic E-state index is 0.337. The van der Waals surface area contributed by atoms with E-state index in [0.717, 1.165) is 19.3 Å². The second kappa shape index (κ2) is 3.52. The molecule has 1 aliphatic carbocycles. The highest BCUT2D eigenvalue weighted by atomic mass is 16.4. The molecule has 0 aromatic rings. The third-order valence-electron chi connectivity index (χ3n) is 2.51. The predicted octanol–water partition coefficient (Wildman–Crippen LogP) is 0.0348. The van der Waals surface area contributed by atoms with E-state index in [1.807, 2.05) is 0 Å². The second-order valence-electron chi connectivity index (χ2n) is 3.36. The molecule has 1 saturated carbocycles. The van der Waals surface area contributed by atoms with E-state index in [9.17, 15) is 10.2 Å². The Hall–Kier alpha value is -0.120. The molecule has 0 heterocycles. The maximum absolute atomic E-state index is 9.73. The molecule has 0 saturated heterocycles. The molecule has 0 aromatic carbocycles. The standard InChI is InChI=1S/C8H16O3/c9-6-7(10)8(11)4-2-1-3-5-8/h7,9-11H,1-6H2. The van der Waals surface area contributed by atoms with E-state index in [1.54, 1.807) is 0 Å². The molecule has 0 bridgehead atoms. The molecule has 11 heavy (non-hydrogen) atoms. The van der Waals surface area contributed by atoms with E-state index >= 15 is 0 Å². The molecule has 1 atom stereocenters. The highest BCUT2D eigenvalue weighted by molar-refractivity contribution is 4.88. The monoisotopic (exact) mass is 160 g/mol. The minimum atomic E-state index is -1.01. The van der Waals surface area contributed by atoms with Crippen LogP contribution >= 0.6 is 0 Å². The van der Waals surface area contributed by atoms with Crippen molar-refractivity contribution in [2.75, 3.05) is 6.61 Å². The lowest BCUT2D eigenvalue weighted by molar-refractivity contribution is -0.113. The van der Waals surface area contributed by atoms with Crippen LogP contribution in [0.3, 0.4) is 0 Å².